The van der Waals surface area contributed by atoms with Crippen LogP contribution in [0.2, 0.25) is 0 Å². The predicted octanol–water partition coefficient (Wildman–Crippen LogP) is 3.87. The van der Waals surface area contributed by atoms with Crippen molar-refractivity contribution in [2.24, 2.45) is 0 Å². The molecule has 1 fully saturated rings. The Morgan fingerprint density at radius 1 is 1.50 bits per heavy atom. The van der Waals surface area contributed by atoms with Crippen LogP contribution in [0.1, 0.15) is 31.7 Å². The van der Waals surface area contributed by atoms with Gasteiger partial charge in [0.2, 0.25) is 0 Å². The van der Waals surface area contributed by atoms with E-state index in [1.807, 2.05) is 12.1 Å². The lowest BCUT2D eigenvalue weighted by Crippen LogP contribution is -2.26. The van der Waals surface area contributed by atoms with Gasteiger partial charge in [0.05, 0.1) is 4.92 Å². The topological polar surface area (TPSA) is 46.4 Å². The summed E-state index contributed by atoms with van der Waals surface area (Å²) in [5.74, 6) is 0. The third-order valence-corrected chi connectivity index (χ3v) is 3.79. The molecule has 5 heteroatoms. The zero-order chi connectivity index (χ0) is 13.1. The Morgan fingerprint density at radius 2 is 2.22 bits per heavy atom. The highest BCUT2D eigenvalue weighted by Gasteiger charge is 2.29. The molecule has 1 saturated carbocycles. The molecule has 0 bridgehead atoms. The van der Waals surface area contributed by atoms with Crippen molar-refractivity contribution in [1.82, 2.24) is 0 Å². The second-order valence-corrected chi connectivity index (χ2v) is 5.19. The summed E-state index contributed by atoms with van der Waals surface area (Å²) in [6, 6.07) is 6.07. The van der Waals surface area contributed by atoms with E-state index in [1.54, 1.807) is 6.07 Å². The molecule has 98 valence electrons. The maximum atomic E-state index is 10.9. The van der Waals surface area contributed by atoms with Crippen LogP contribution in [0, 0.1) is 10.1 Å². The van der Waals surface area contributed by atoms with Gasteiger partial charge in [-0.25, -0.2) is 0 Å². The van der Waals surface area contributed by atoms with E-state index in [0.29, 0.717) is 11.4 Å². The molecule has 0 aromatic heterocycles. The molecule has 1 aromatic carbocycles. The molecular formula is C13H17BrN2O2. The summed E-state index contributed by atoms with van der Waals surface area (Å²) in [6.07, 6.45) is 3.57. The van der Waals surface area contributed by atoms with Crippen LogP contribution in [-0.2, 0) is 5.33 Å². The quantitative estimate of drug-likeness (QED) is 0.455. The minimum Gasteiger partial charge on any atom is -0.369 e. The smallest absolute Gasteiger partial charge is 0.273 e. The second-order valence-electron chi connectivity index (χ2n) is 4.63. The molecule has 0 atom stereocenters. The van der Waals surface area contributed by atoms with Gasteiger partial charge in [-0.3, -0.25) is 10.1 Å². The normalized spacial score (nSPS) is 14.6. The second kappa shape index (κ2) is 5.69. The molecule has 0 unspecified atom stereocenters. The third kappa shape index (κ3) is 2.83. The van der Waals surface area contributed by atoms with Crippen LogP contribution in [0.25, 0.3) is 0 Å². The molecule has 0 N–H and O–H groups in total. The van der Waals surface area contributed by atoms with E-state index in [4.69, 9.17) is 0 Å². The number of nitrogens with zero attached hydrogens (tertiary/aromatic N) is 2. The van der Waals surface area contributed by atoms with E-state index in [0.717, 1.165) is 24.2 Å². The van der Waals surface area contributed by atoms with E-state index < -0.39 is 0 Å². The maximum Gasteiger partial charge on any atom is 0.273 e. The highest BCUT2D eigenvalue weighted by molar-refractivity contribution is 9.08. The first-order chi connectivity index (χ1) is 8.67. The number of hydrogen-bond acceptors (Lipinski definition) is 3. The highest BCUT2D eigenvalue weighted by atomic mass is 79.9. The number of alkyl halides is 1. The van der Waals surface area contributed by atoms with Gasteiger partial charge < -0.3 is 4.90 Å². The average Bonchev–Trinajstić information content (AvgIpc) is 3.19. The highest BCUT2D eigenvalue weighted by Crippen LogP contribution is 2.34. The Hall–Kier alpha value is -1.10. The Morgan fingerprint density at radius 3 is 2.72 bits per heavy atom. The minimum absolute atomic E-state index is 0.197. The Kier molecular flexibility index (Phi) is 4.22. The molecule has 0 saturated heterocycles. The molecule has 18 heavy (non-hydrogen) atoms. The first kappa shape index (κ1) is 13.3. The fraction of sp³-hybridized carbons (Fsp3) is 0.538. The lowest BCUT2D eigenvalue weighted by molar-refractivity contribution is -0.385. The fourth-order valence-corrected chi connectivity index (χ4v) is 2.63. The number of nitro benzene ring substituents is 1. The van der Waals surface area contributed by atoms with Crippen LogP contribution in [0.3, 0.4) is 0 Å². The summed E-state index contributed by atoms with van der Waals surface area (Å²) in [5, 5.41) is 11.4. The van der Waals surface area contributed by atoms with Crippen LogP contribution in [0.5, 0.6) is 0 Å². The van der Waals surface area contributed by atoms with E-state index in [1.165, 1.54) is 12.8 Å². The lowest BCUT2D eigenvalue weighted by atomic mass is 10.1. The third-order valence-electron chi connectivity index (χ3n) is 3.19. The molecule has 1 aliphatic carbocycles. The van der Waals surface area contributed by atoms with Gasteiger partial charge in [-0.15, -0.1) is 0 Å². The summed E-state index contributed by atoms with van der Waals surface area (Å²) in [7, 11) is 0. The molecule has 0 amide bonds. The number of benzene rings is 1. The van der Waals surface area contributed by atoms with E-state index in [9.17, 15) is 10.1 Å². The van der Waals surface area contributed by atoms with E-state index in [2.05, 4.69) is 27.8 Å². The first-order valence-corrected chi connectivity index (χ1v) is 7.39. The Balaban J connectivity index is 2.30. The summed E-state index contributed by atoms with van der Waals surface area (Å²) in [4.78, 5) is 13.0. The molecule has 0 spiro atoms. The number of nitro groups is 1. The molecule has 0 aliphatic heterocycles. The number of anilines is 1. The molecule has 0 heterocycles. The molecule has 2 rings (SSSR count). The van der Waals surface area contributed by atoms with Gasteiger partial charge in [0, 0.05) is 35.2 Å². The van der Waals surface area contributed by atoms with Crippen molar-refractivity contribution < 1.29 is 4.92 Å². The number of hydrogen-bond donors (Lipinski definition) is 0. The first-order valence-electron chi connectivity index (χ1n) is 6.27. The molecular weight excluding hydrogens is 296 g/mol. The standard InChI is InChI=1S/C13H17BrN2O2/c1-2-7-15(11-3-4-11)12-5-6-13(16(17)18)10(8-12)9-14/h5-6,8,11H,2-4,7,9H2,1H3. The number of rotatable bonds is 6. The van der Waals surface area contributed by atoms with Crippen LogP contribution in [0.4, 0.5) is 11.4 Å². The van der Waals surface area contributed by atoms with Crippen LogP contribution in [0.15, 0.2) is 18.2 Å². The van der Waals surface area contributed by atoms with Crippen molar-refractivity contribution in [1.29, 1.82) is 0 Å². The Labute approximate surface area is 115 Å². The van der Waals surface area contributed by atoms with Gasteiger partial charge in [0.15, 0.2) is 0 Å². The van der Waals surface area contributed by atoms with E-state index in [-0.39, 0.29) is 10.6 Å². The van der Waals surface area contributed by atoms with E-state index >= 15 is 0 Å². The summed E-state index contributed by atoms with van der Waals surface area (Å²) in [5.41, 5.74) is 2.06. The van der Waals surface area contributed by atoms with Gasteiger partial charge in [-0.05, 0) is 31.4 Å². The zero-order valence-electron chi connectivity index (χ0n) is 10.4. The summed E-state index contributed by atoms with van der Waals surface area (Å²) in [6.45, 7) is 3.18. The van der Waals surface area contributed by atoms with Crippen molar-refractivity contribution in [2.75, 3.05) is 11.4 Å². The van der Waals surface area contributed by atoms with Gasteiger partial charge in [0.25, 0.3) is 5.69 Å². The van der Waals surface area contributed by atoms with Crippen molar-refractivity contribution >= 4 is 27.3 Å². The van der Waals surface area contributed by atoms with Crippen molar-refractivity contribution in [3.8, 4) is 0 Å². The molecule has 1 aliphatic rings. The van der Waals surface area contributed by atoms with Gasteiger partial charge in [0.1, 0.15) is 0 Å². The lowest BCUT2D eigenvalue weighted by Gasteiger charge is -2.24. The van der Waals surface area contributed by atoms with Gasteiger partial charge in [-0.1, -0.05) is 22.9 Å². The summed E-state index contributed by atoms with van der Waals surface area (Å²) < 4.78 is 0. The largest absolute Gasteiger partial charge is 0.369 e. The average molecular weight is 313 g/mol. The SMILES string of the molecule is CCCN(c1ccc([N+](=O)[O-])c(CBr)c1)C1CC1. The van der Waals surface area contributed by atoms with Crippen molar-refractivity contribution in [3.63, 3.8) is 0 Å². The van der Waals surface area contributed by atoms with Crippen LogP contribution < -0.4 is 4.90 Å². The van der Waals surface area contributed by atoms with Crippen LogP contribution in [-0.4, -0.2) is 17.5 Å². The Bertz CT molecular complexity index is 447. The summed E-state index contributed by atoms with van der Waals surface area (Å²) >= 11 is 3.33. The molecule has 0 radical (unpaired) electrons. The zero-order valence-corrected chi connectivity index (χ0v) is 12.0. The van der Waals surface area contributed by atoms with Crippen molar-refractivity contribution in [2.45, 2.75) is 37.6 Å². The van der Waals surface area contributed by atoms with Gasteiger partial charge in [-0.2, -0.15) is 0 Å². The monoisotopic (exact) mass is 312 g/mol. The molecule has 1 aromatic rings. The maximum absolute atomic E-state index is 10.9. The van der Waals surface area contributed by atoms with Gasteiger partial charge >= 0.3 is 0 Å². The minimum atomic E-state index is -0.318. The number of halogens is 1. The fourth-order valence-electron chi connectivity index (χ4n) is 2.19. The predicted molar refractivity (Wildman–Crippen MR) is 76.4 cm³/mol. The van der Waals surface area contributed by atoms with Crippen LogP contribution >= 0.6 is 15.9 Å². The van der Waals surface area contributed by atoms with Crippen molar-refractivity contribution in [3.05, 3.63) is 33.9 Å². The molecule has 4 nitrogen and oxygen atoms in total.